The molecule has 128 valence electrons. The third-order valence-corrected chi connectivity index (χ3v) is 5.32. The van der Waals surface area contributed by atoms with Crippen molar-refractivity contribution in [2.75, 3.05) is 5.32 Å². The van der Waals surface area contributed by atoms with Crippen molar-refractivity contribution in [1.82, 2.24) is 13.9 Å². The van der Waals surface area contributed by atoms with Crippen molar-refractivity contribution in [2.24, 2.45) is 0 Å². The topological polar surface area (TPSA) is 80.9 Å². The van der Waals surface area contributed by atoms with Gasteiger partial charge in [0.2, 0.25) is 5.91 Å². The lowest BCUT2D eigenvalue weighted by molar-refractivity contribution is -0.118. The van der Waals surface area contributed by atoms with E-state index in [1.807, 2.05) is 54.6 Å². The number of benzene rings is 2. The van der Waals surface area contributed by atoms with Gasteiger partial charge < -0.3 is 9.84 Å². The molecule has 1 fully saturated rings. The molecule has 0 aliphatic heterocycles. The molecule has 0 bridgehead atoms. The van der Waals surface area contributed by atoms with Crippen LogP contribution in [0.1, 0.15) is 18.5 Å². The fraction of sp³-hybridized carbons (Fsp3) is 0.158. The highest BCUT2D eigenvalue weighted by Gasteiger charge is 2.54. The number of hydrogen-bond donors (Lipinski definition) is 1. The van der Waals surface area contributed by atoms with Gasteiger partial charge in [-0.3, -0.25) is 4.79 Å². The minimum atomic E-state index is -0.623. The molecule has 6 nitrogen and oxygen atoms in total. The summed E-state index contributed by atoms with van der Waals surface area (Å²) in [7, 11) is 0. The first-order valence-electron chi connectivity index (χ1n) is 8.32. The summed E-state index contributed by atoms with van der Waals surface area (Å²) in [4.78, 5) is 13.0. The first kappa shape index (κ1) is 15.2. The molecule has 1 saturated carbocycles. The van der Waals surface area contributed by atoms with Crippen LogP contribution < -0.4 is 5.32 Å². The van der Waals surface area contributed by atoms with Crippen molar-refractivity contribution < 1.29 is 9.32 Å². The number of nitrogens with one attached hydrogen (secondary N) is 1. The SMILES string of the molecule is O=C(Nc1cccc2nsnc12)C1(c2cc(-c3ccccc3)on2)CC1. The average Bonchev–Trinajstić information content (AvgIpc) is 3.11. The Morgan fingerprint density at radius 1 is 1.08 bits per heavy atom. The summed E-state index contributed by atoms with van der Waals surface area (Å²) in [6.45, 7) is 0. The van der Waals surface area contributed by atoms with Gasteiger partial charge in [0, 0.05) is 11.6 Å². The normalized spacial score (nSPS) is 15.1. The third kappa shape index (κ3) is 2.40. The van der Waals surface area contributed by atoms with Crippen LogP contribution in [0.25, 0.3) is 22.4 Å². The van der Waals surface area contributed by atoms with Crippen LogP contribution in [0.15, 0.2) is 59.1 Å². The molecule has 26 heavy (non-hydrogen) atoms. The van der Waals surface area contributed by atoms with Crippen molar-refractivity contribution in [3.05, 3.63) is 60.3 Å². The van der Waals surface area contributed by atoms with Crippen LogP contribution in [0.4, 0.5) is 5.69 Å². The van der Waals surface area contributed by atoms with Crippen molar-refractivity contribution in [2.45, 2.75) is 18.3 Å². The Bertz CT molecular complexity index is 1100. The molecule has 1 aliphatic rings. The molecule has 1 amide bonds. The van der Waals surface area contributed by atoms with Gasteiger partial charge in [0.05, 0.1) is 28.5 Å². The number of rotatable bonds is 4. The quantitative estimate of drug-likeness (QED) is 0.593. The van der Waals surface area contributed by atoms with E-state index >= 15 is 0 Å². The van der Waals surface area contributed by atoms with Crippen LogP contribution in [0.5, 0.6) is 0 Å². The van der Waals surface area contributed by atoms with Crippen molar-refractivity contribution in [3.63, 3.8) is 0 Å². The van der Waals surface area contributed by atoms with Gasteiger partial charge in [0.1, 0.15) is 11.0 Å². The second kappa shape index (κ2) is 5.74. The summed E-state index contributed by atoms with van der Waals surface area (Å²) in [6, 6.07) is 17.2. The summed E-state index contributed by atoms with van der Waals surface area (Å²) < 4.78 is 14.0. The first-order valence-corrected chi connectivity index (χ1v) is 9.05. The zero-order chi connectivity index (χ0) is 17.6. The maximum Gasteiger partial charge on any atom is 0.236 e. The summed E-state index contributed by atoms with van der Waals surface area (Å²) in [5, 5.41) is 7.18. The number of amides is 1. The maximum atomic E-state index is 13.0. The number of hydrogen-bond acceptors (Lipinski definition) is 6. The zero-order valence-electron chi connectivity index (χ0n) is 13.7. The van der Waals surface area contributed by atoms with Gasteiger partial charge in [0.25, 0.3) is 0 Å². The van der Waals surface area contributed by atoms with E-state index in [1.165, 1.54) is 0 Å². The van der Waals surface area contributed by atoms with Gasteiger partial charge in [-0.1, -0.05) is 41.6 Å². The molecule has 7 heteroatoms. The molecule has 2 aromatic heterocycles. The number of aromatic nitrogens is 3. The van der Waals surface area contributed by atoms with Gasteiger partial charge in [-0.15, -0.1) is 0 Å². The van der Waals surface area contributed by atoms with Crippen molar-refractivity contribution in [3.8, 4) is 11.3 Å². The van der Waals surface area contributed by atoms with Crippen LogP contribution in [-0.4, -0.2) is 19.8 Å². The van der Waals surface area contributed by atoms with Crippen molar-refractivity contribution >= 4 is 34.4 Å². The Kier molecular flexibility index (Phi) is 3.36. The van der Waals surface area contributed by atoms with E-state index in [0.29, 0.717) is 22.7 Å². The molecule has 1 N–H and O–H groups in total. The molecule has 1 aliphatic carbocycles. The van der Waals surface area contributed by atoms with Gasteiger partial charge in [-0.05, 0) is 25.0 Å². The molecule has 4 aromatic rings. The zero-order valence-corrected chi connectivity index (χ0v) is 14.5. The summed E-state index contributed by atoms with van der Waals surface area (Å²) in [6.07, 6.45) is 1.51. The number of fused-ring (bicyclic) bond motifs is 1. The highest BCUT2D eigenvalue weighted by Crippen LogP contribution is 2.49. The van der Waals surface area contributed by atoms with Crippen LogP contribution in [0.3, 0.4) is 0 Å². The average molecular weight is 362 g/mol. The summed E-state index contributed by atoms with van der Waals surface area (Å²) in [5.41, 5.74) is 3.18. The van der Waals surface area contributed by atoms with Crippen LogP contribution in [0.2, 0.25) is 0 Å². The van der Waals surface area contributed by atoms with E-state index < -0.39 is 5.41 Å². The van der Waals surface area contributed by atoms with Gasteiger partial charge in [-0.25, -0.2) is 0 Å². The number of nitrogens with zero attached hydrogens (tertiary/aromatic N) is 3. The fourth-order valence-electron chi connectivity index (χ4n) is 3.11. The van der Waals surface area contributed by atoms with Gasteiger partial charge in [-0.2, -0.15) is 8.75 Å². The smallest absolute Gasteiger partial charge is 0.236 e. The first-order chi connectivity index (χ1) is 12.8. The maximum absolute atomic E-state index is 13.0. The van der Waals surface area contributed by atoms with Gasteiger partial charge in [0.15, 0.2) is 5.76 Å². The summed E-state index contributed by atoms with van der Waals surface area (Å²) in [5.74, 6) is 0.594. The van der Waals surface area contributed by atoms with E-state index in [2.05, 4.69) is 19.2 Å². The highest BCUT2D eigenvalue weighted by molar-refractivity contribution is 7.00. The predicted octanol–water partition coefficient (Wildman–Crippen LogP) is 4.02. The minimum absolute atomic E-state index is 0.0779. The lowest BCUT2D eigenvalue weighted by Crippen LogP contribution is -2.28. The van der Waals surface area contributed by atoms with E-state index in [-0.39, 0.29) is 5.91 Å². The third-order valence-electron chi connectivity index (χ3n) is 4.78. The lowest BCUT2D eigenvalue weighted by Gasteiger charge is -2.12. The molecule has 0 saturated heterocycles. The Balaban J connectivity index is 1.44. The van der Waals surface area contributed by atoms with E-state index in [4.69, 9.17) is 4.52 Å². The van der Waals surface area contributed by atoms with Crippen LogP contribution in [0, 0.1) is 0 Å². The molecule has 2 aromatic carbocycles. The molecule has 0 radical (unpaired) electrons. The Hall–Kier alpha value is -3.06. The van der Waals surface area contributed by atoms with E-state index in [1.54, 1.807) is 0 Å². The molecule has 2 heterocycles. The van der Waals surface area contributed by atoms with Crippen LogP contribution >= 0.6 is 11.7 Å². The Labute approximate surface area is 153 Å². The molecule has 0 spiro atoms. The largest absolute Gasteiger partial charge is 0.356 e. The molecule has 0 atom stereocenters. The highest BCUT2D eigenvalue weighted by atomic mass is 32.1. The predicted molar refractivity (Wildman–Crippen MR) is 98.9 cm³/mol. The Morgan fingerprint density at radius 2 is 1.92 bits per heavy atom. The Morgan fingerprint density at radius 3 is 2.73 bits per heavy atom. The number of anilines is 1. The van der Waals surface area contributed by atoms with Crippen LogP contribution in [-0.2, 0) is 10.2 Å². The standard InChI is InChI=1S/C19H14N4O2S/c24-18(20-13-7-4-8-14-17(13)23-26-22-14)19(9-10-19)16-11-15(25-21-16)12-5-2-1-3-6-12/h1-8,11H,9-10H2,(H,20,24). The van der Waals surface area contributed by atoms with Crippen molar-refractivity contribution in [1.29, 1.82) is 0 Å². The van der Waals surface area contributed by atoms with E-state index in [0.717, 1.165) is 35.6 Å². The van der Waals surface area contributed by atoms with Gasteiger partial charge >= 0.3 is 0 Å². The molecule has 5 rings (SSSR count). The lowest BCUT2D eigenvalue weighted by atomic mass is 10.00. The number of carbonyl (C=O) groups excluding carboxylic acids is 1. The summed E-state index contributed by atoms with van der Waals surface area (Å²) >= 11 is 1.14. The second-order valence-corrected chi connectivity index (χ2v) is 6.94. The second-order valence-electron chi connectivity index (χ2n) is 6.42. The minimum Gasteiger partial charge on any atom is -0.356 e. The van der Waals surface area contributed by atoms with E-state index in [9.17, 15) is 4.79 Å². The molecular formula is C19H14N4O2S. The molecule has 0 unspecified atom stereocenters. The molecular weight excluding hydrogens is 348 g/mol. The fourth-order valence-corrected chi connectivity index (χ4v) is 3.66. The monoisotopic (exact) mass is 362 g/mol. The number of carbonyl (C=O) groups is 1.